The number of aromatic nitrogens is 1. The number of rotatable bonds is 5. The molecule has 1 aliphatic heterocycles. The number of cyclic esters (lactones) is 1. The van der Waals surface area contributed by atoms with Crippen LogP contribution in [0, 0.1) is 35.4 Å². The van der Waals surface area contributed by atoms with E-state index in [-0.39, 0.29) is 47.8 Å². The van der Waals surface area contributed by atoms with Crippen molar-refractivity contribution in [2.75, 3.05) is 6.61 Å². The number of ether oxygens (including phenoxy) is 2. The largest absolute Gasteiger partial charge is 0.462 e. The fraction of sp³-hybridized carbons (Fsp3) is 0.483. The second-order valence-electron chi connectivity index (χ2n) is 10.3. The molecule has 1 aromatic heterocycles. The highest BCUT2D eigenvalue weighted by Crippen LogP contribution is 2.53. The molecule has 36 heavy (non-hydrogen) atoms. The number of carbonyl (C=O) groups is 2. The van der Waals surface area contributed by atoms with Crippen molar-refractivity contribution >= 4 is 18.1 Å². The summed E-state index contributed by atoms with van der Waals surface area (Å²) < 4.78 is 24.3. The Kier molecular flexibility index (Phi) is 7.08. The van der Waals surface area contributed by atoms with Crippen molar-refractivity contribution < 1.29 is 23.5 Å². The fourth-order valence-corrected chi connectivity index (χ4v) is 6.64. The number of allylic oxidation sites excluding steroid dienone is 1. The number of esters is 1. The van der Waals surface area contributed by atoms with Gasteiger partial charge in [-0.1, -0.05) is 24.3 Å². The first-order valence-corrected chi connectivity index (χ1v) is 13.0. The molecule has 1 N–H and O–H groups in total. The summed E-state index contributed by atoms with van der Waals surface area (Å²) in [5.74, 6) is 0.629. The van der Waals surface area contributed by atoms with Gasteiger partial charge in [0.15, 0.2) is 0 Å². The third-order valence-corrected chi connectivity index (χ3v) is 8.18. The second kappa shape index (κ2) is 10.4. The first kappa shape index (κ1) is 24.5. The van der Waals surface area contributed by atoms with Crippen LogP contribution in [0.4, 0.5) is 9.18 Å². The number of pyridine rings is 1. The summed E-state index contributed by atoms with van der Waals surface area (Å²) in [5, 5.41) is 3.00. The lowest BCUT2D eigenvalue weighted by Crippen LogP contribution is -2.48. The zero-order valence-corrected chi connectivity index (χ0v) is 20.7. The van der Waals surface area contributed by atoms with Gasteiger partial charge < -0.3 is 14.8 Å². The lowest BCUT2D eigenvalue weighted by Gasteiger charge is -2.47. The number of carbonyl (C=O) groups excluding carboxylic acids is 2. The molecule has 2 saturated carbocycles. The minimum atomic E-state index is -0.368. The monoisotopic (exact) mass is 492 g/mol. The van der Waals surface area contributed by atoms with E-state index in [1.54, 1.807) is 19.2 Å². The van der Waals surface area contributed by atoms with Gasteiger partial charge in [-0.2, -0.15) is 0 Å². The van der Waals surface area contributed by atoms with Gasteiger partial charge in [0.05, 0.1) is 18.2 Å². The highest BCUT2D eigenvalue weighted by molar-refractivity contribution is 5.75. The molecule has 0 unspecified atom stereocenters. The number of halogens is 1. The van der Waals surface area contributed by atoms with E-state index in [1.165, 1.54) is 12.1 Å². The number of nitrogens with zero attached hydrogens (tertiary/aromatic N) is 1. The maximum absolute atomic E-state index is 13.6. The topological polar surface area (TPSA) is 77.5 Å². The van der Waals surface area contributed by atoms with Crippen molar-refractivity contribution in [3.05, 3.63) is 60.2 Å². The van der Waals surface area contributed by atoms with E-state index in [9.17, 15) is 14.0 Å². The zero-order chi connectivity index (χ0) is 25.2. The van der Waals surface area contributed by atoms with E-state index in [4.69, 9.17) is 9.47 Å². The summed E-state index contributed by atoms with van der Waals surface area (Å²) in [6.07, 6.45) is 9.07. The Morgan fingerprint density at radius 1 is 1.22 bits per heavy atom. The van der Waals surface area contributed by atoms with Crippen molar-refractivity contribution in [3.8, 4) is 11.1 Å². The van der Waals surface area contributed by atoms with Crippen molar-refractivity contribution in [1.82, 2.24) is 10.3 Å². The molecule has 0 spiro atoms. The highest BCUT2D eigenvalue weighted by Gasteiger charge is 2.54. The van der Waals surface area contributed by atoms with Crippen LogP contribution in [0.1, 0.15) is 45.2 Å². The Balaban J connectivity index is 1.34. The molecule has 7 atom stereocenters. The van der Waals surface area contributed by atoms with Gasteiger partial charge in [-0.3, -0.25) is 9.78 Å². The van der Waals surface area contributed by atoms with Crippen molar-refractivity contribution in [1.29, 1.82) is 0 Å². The molecule has 1 saturated heterocycles. The number of nitrogens with one attached hydrogen (secondary N) is 1. The third-order valence-electron chi connectivity index (χ3n) is 8.18. The van der Waals surface area contributed by atoms with Gasteiger partial charge in [-0.15, -0.1) is 0 Å². The van der Waals surface area contributed by atoms with Crippen LogP contribution < -0.4 is 5.32 Å². The quantitative estimate of drug-likeness (QED) is 0.548. The van der Waals surface area contributed by atoms with Crippen molar-refractivity contribution in [2.24, 2.45) is 29.6 Å². The molecular formula is C29H33FN2O4. The predicted octanol–water partition coefficient (Wildman–Crippen LogP) is 5.63. The normalized spacial score (nSPS) is 31.4. The minimum Gasteiger partial charge on any atom is -0.462 e. The van der Waals surface area contributed by atoms with Crippen LogP contribution in [0.25, 0.3) is 17.2 Å². The predicted molar refractivity (Wildman–Crippen MR) is 134 cm³/mol. The first-order chi connectivity index (χ1) is 17.4. The van der Waals surface area contributed by atoms with E-state index < -0.39 is 0 Å². The summed E-state index contributed by atoms with van der Waals surface area (Å²) in [6, 6.07) is 10.4. The molecule has 7 heteroatoms. The van der Waals surface area contributed by atoms with Crippen molar-refractivity contribution in [3.63, 3.8) is 0 Å². The SMILES string of the molecule is CCOC(=O)N[C@H]1CC[C@@H]2[C@H](C1)C[C@H]1C(=O)O[C@H](C)[C@@H]1[C@H]2/C=C/c1ccc(-c2cccc(F)c2)cn1. The van der Waals surface area contributed by atoms with E-state index in [0.29, 0.717) is 18.4 Å². The number of fused-ring (bicyclic) bond motifs is 2. The second-order valence-corrected chi connectivity index (χ2v) is 10.3. The van der Waals surface area contributed by atoms with Crippen LogP contribution in [0.2, 0.25) is 0 Å². The Morgan fingerprint density at radius 3 is 2.83 bits per heavy atom. The summed E-state index contributed by atoms with van der Waals surface area (Å²) in [6.45, 7) is 4.15. The van der Waals surface area contributed by atoms with Gasteiger partial charge in [-0.25, -0.2) is 9.18 Å². The lowest BCUT2D eigenvalue weighted by atomic mass is 9.57. The van der Waals surface area contributed by atoms with Gasteiger partial charge in [0.2, 0.25) is 0 Å². The van der Waals surface area contributed by atoms with E-state index >= 15 is 0 Å². The van der Waals surface area contributed by atoms with Crippen LogP contribution >= 0.6 is 0 Å². The van der Waals surface area contributed by atoms with Gasteiger partial charge in [0, 0.05) is 23.7 Å². The molecule has 1 amide bonds. The molecule has 0 bridgehead atoms. The molecule has 190 valence electrons. The lowest BCUT2D eigenvalue weighted by molar-refractivity contribution is -0.144. The van der Waals surface area contributed by atoms with Gasteiger partial charge in [0.25, 0.3) is 0 Å². The van der Waals surface area contributed by atoms with Gasteiger partial charge in [0.1, 0.15) is 11.9 Å². The van der Waals surface area contributed by atoms with Crippen molar-refractivity contribution in [2.45, 2.75) is 51.7 Å². The van der Waals surface area contributed by atoms with E-state index in [2.05, 4.69) is 16.4 Å². The van der Waals surface area contributed by atoms with Crippen LogP contribution in [-0.4, -0.2) is 35.8 Å². The van der Waals surface area contributed by atoms with Gasteiger partial charge >= 0.3 is 12.1 Å². The third kappa shape index (κ3) is 5.01. The Bertz CT molecular complexity index is 1130. The van der Waals surface area contributed by atoms with Crippen LogP contribution in [0.3, 0.4) is 0 Å². The summed E-state index contributed by atoms with van der Waals surface area (Å²) >= 11 is 0. The maximum Gasteiger partial charge on any atom is 0.407 e. The number of hydrogen-bond donors (Lipinski definition) is 1. The molecule has 3 aliphatic rings. The molecular weight excluding hydrogens is 459 g/mol. The Morgan fingerprint density at radius 2 is 2.08 bits per heavy atom. The number of hydrogen-bond acceptors (Lipinski definition) is 5. The Hall–Kier alpha value is -3.22. The Labute approximate surface area is 211 Å². The summed E-state index contributed by atoms with van der Waals surface area (Å²) in [4.78, 5) is 29.2. The molecule has 2 heterocycles. The zero-order valence-electron chi connectivity index (χ0n) is 20.7. The number of amides is 1. The maximum atomic E-state index is 13.6. The molecule has 2 aromatic rings. The standard InChI is InChI=1S/C29H33FN2O4/c1-3-35-29(34)32-23-10-11-24-20(14-23)15-26-27(17(2)36-28(26)33)25(24)12-9-22-8-7-19(16-31-22)18-5-4-6-21(30)13-18/h4-9,12-13,16-17,20,23-27H,3,10-11,14-15H2,1-2H3,(H,32,34)/b12-9+/t17-,20-,23+,24-,25+,26-,27-/m1/s1. The van der Waals surface area contributed by atoms with Crippen LogP contribution in [-0.2, 0) is 14.3 Å². The molecule has 0 radical (unpaired) electrons. The minimum absolute atomic E-state index is 0.0679. The first-order valence-electron chi connectivity index (χ1n) is 13.0. The molecule has 2 aliphatic carbocycles. The molecule has 5 rings (SSSR count). The van der Waals surface area contributed by atoms with E-state index in [1.807, 2.05) is 31.2 Å². The highest BCUT2D eigenvalue weighted by atomic mass is 19.1. The van der Waals surface area contributed by atoms with Gasteiger partial charge in [-0.05, 0) is 87.1 Å². The smallest absolute Gasteiger partial charge is 0.407 e. The number of alkyl carbamates (subject to hydrolysis) is 1. The number of benzene rings is 1. The average molecular weight is 493 g/mol. The van der Waals surface area contributed by atoms with Crippen LogP contribution in [0.5, 0.6) is 0 Å². The molecule has 6 nitrogen and oxygen atoms in total. The fourth-order valence-electron chi connectivity index (χ4n) is 6.64. The van der Waals surface area contributed by atoms with Crippen LogP contribution in [0.15, 0.2) is 48.7 Å². The summed E-state index contributed by atoms with van der Waals surface area (Å²) in [7, 11) is 0. The molecule has 1 aromatic carbocycles. The average Bonchev–Trinajstić information content (AvgIpc) is 3.15. The summed E-state index contributed by atoms with van der Waals surface area (Å²) in [5.41, 5.74) is 2.48. The molecule has 3 fully saturated rings. The van der Waals surface area contributed by atoms with E-state index in [0.717, 1.165) is 42.5 Å².